The lowest BCUT2D eigenvalue weighted by Gasteiger charge is -2.19. The normalized spacial score (nSPS) is 12.2. The van der Waals surface area contributed by atoms with E-state index in [-0.39, 0.29) is 16.3 Å². The molecule has 9 heteroatoms. The number of aliphatic imine (C=N–C) groups is 1. The van der Waals surface area contributed by atoms with Gasteiger partial charge in [0.2, 0.25) is 0 Å². The standard InChI is InChI=1S/C26H23ClN4O4/c1-13-8-17(14(2)30-20-6-7-23(27)31-24(20)26(33)34)25-18(9-13)21(32)11-22(35-25)15-4-5-19(28)16(10-15)12-29-3/h4-12,14,30H,28H2,1-3H3,(H,33,34)/t14-/m1/s1. The van der Waals surface area contributed by atoms with Gasteiger partial charge >= 0.3 is 5.97 Å². The molecule has 1 atom stereocenters. The number of nitrogen functional groups attached to an aromatic ring is 1. The van der Waals surface area contributed by atoms with Crippen LogP contribution in [0.5, 0.6) is 0 Å². The topological polar surface area (TPSA) is 131 Å². The van der Waals surface area contributed by atoms with Crippen molar-refractivity contribution in [2.75, 3.05) is 18.1 Å². The van der Waals surface area contributed by atoms with Crippen LogP contribution in [0.1, 0.15) is 40.1 Å². The molecule has 178 valence electrons. The van der Waals surface area contributed by atoms with Crippen LogP contribution >= 0.6 is 11.6 Å². The third kappa shape index (κ3) is 4.88. The largest absolute Gasteiger partial charge is 0.476 e. The molecule has 0 amide bonds. The fourth-order valence-electron chi connectivity index (χ4n) is 3.90. The van der Waals surface area contributed by atoms with E-state index >= 15 is 0 Å². The molecule has 0 bridgehead atoms. The van der Waals surface area contributed by atoms with Gasteiger partial charge in [0.15, 0.2) is 11.1 Å². The number of aryl methyl sites for hydroxylation is 1. The Morgan fingerprint density at radius 1 is 1.23 bits per heavy atom. The van der Waals surface area contributed by atoms with Crippen molar-refractivity contribution in [3.8, 4) is 11.3 Å². The van der Waals surface area contributed by atoms with E-state index in [9.17, 15) is 14.7 Å². The molecule has 2 heterocycles. The molecule has 4 N–H and O–H groups in total. The van der Waals surface area contributed by atoms with E-state index in [1.807, 2.05) is 19.9 Å². The van der Waals surface area contributed by atoms with Crippen molar-refractivity contribution in [2.45, 2.75) is 19.9 Å². The van der Waals surface area contributed by atoms with Gasteiger partial charge in [-0.3, -0.25) is 9.79 Å². The van der Waals surface area contributed by atoms with Crippen LogP contribution in [0.15, 0.2) is 62.7 Å². The van der Waals surface area contributed by atoms with Crippen LogP contribution in [0.25, 0.3) is 22.3 Å². The lowest BCUT2D eigenvalue weighted by Crippen LogP contribution is -2.13. The molecule has 0 saturated heterocycles. The van der Waals surface area contributed by atoms with Crippen molar-refractivity contribution in [3.63, 3.8) is 0 Å². The number of halogens is 1. The van der Waals surface area contributed by atoms with E-state index in [2.05, 4.69) is 15.3 Å². The minimum atomic E-state index is -1.21. The Morgan fingerprint density at radius 3 is 2.71 bits per heavy atom. The monoisotopic (exact) mass is 490 g/mol. The molecule has 0 aliphatic rings. The molecule has 8 nitrogen and oxygen atoms in total. The second-order valence-electron chi connectivity index (χ2n) is 8.14. The number of hydrogen-bond donors (Lipinski definition) is 3. The Labute approximate surface area is 206 Å². The van der Waals surface area contributed by atoms with Gasteiger partial charge in [-0.25, -0.2) is 9.78 Å². The van der Waals surface area contributed by atoms with Gasteiger partial charge in [-0.2, -0.15) is 0 Å². The van der Waals surface area contributed by atoms with Crippen LogP contribution < -0.4 is 16.5 Å². The zero-order valence-electron chi connectivity index (χ0n) is 19.3. The highest BCUT2D eigenvalue weighted by Gasteiger charge is 2.20. The number of benzene rings is 2. The summed E-state index contributed by atoms with van der Waals surface area (Å²) in [6.45, 7) is 3.73. The van der Waals surface area contributed by atoms with E-state index in [1.165, 1.54) is 12.1 Å². The summed E-state index contributed by atoms with van der Waals surface area (Å²) < 4.78 is 6.27. The number of aromatic nitrogens is 1. The van der Waals surface area contributed by atoms with Gasteiger partial charge in [0, 0.05) is 41.7 Å². The summed E-state index contributed by atoms with van der Waals surface area (Å²) in [5.41, 5.74) is 9.83. The van der Waals surface area contributed by atoms with Crippen LogP contribution in [0, 0.1) is 6.92 Å². The molecule has 35 heavy (non-hydrogen) atoms. The van der Waals surface area contributed by atoms with Gasteiger partial charge in [-0.05, 0) is 55.8 Å². The number of nitrogens with zero attached hydrogens (tertiary/aromatic N) is 2. The molecule has 2 aromatic carbocycles. The highest BCUT2D eigenvalue weighted by molar-refractivity contribution is 6.29. The van der Waals surface area contributed by atoms with Gasteiger partial charge in [0.05, 0.1) is 17.1 Å². The summed E-state index contributed by atoms with van der Waals surface area (Å²) in [4.78, 5) is 32.7. The third-order valence-corrected chi connectivity index (χ3v) is 5.75. The predicted octanol–water partition coefficient (Wildman–Crippen LogP) is 5.32. The maximum absolute atomic E-state index is 13.1. The Hall–Kier alpha value is -4.17. The first kappa shape index (κ1) is 24.0. The van der Waals surface area contributed by atoms with Crippen LogP contribution in [-0.2, 0) is 0 Å². The lowest BCUT2D eigenvalue weighted by atomic mass is 10.00. The molecule has 4 aromatic rings. The van der Waals surface area contributed by atoms with Gasteiger partial charge < -0.3 is 20.6 Å². The highest BCUT2D eigenvalue weighted by Crippen LogP contribution is 2.32. The van der Waals surface area contributed by atoms with Crippen molar-refractivity contribution >= 4 is 46.1 Å². The number of anilines is 2. The van der Waals surface area contributed by atoms with Crippen molar-refractivity contribution < 1.29 is 14.3 Å². The minimum absolute atomic E-state index is 0.0771. The molecule has 0 fully saturated rings. The smallest absolute Gasteiger partial charge is 0.356 e. The van der Waals surface area contributed by atoms with Crippen LogP contribution in [0.2, 0.25) is 5.15 Å². The first-order valence-electron chi connectivity index (χ1n) is 10.7. The summed E-state index contributed by atoms with van der Waals surface area (Å²) >= 11 is 5.88. The number of nitrogens with one attached hydrogen (secondary N) is 1. The molecular formula is C26H23ClN4O4. The first-order valence-corrected chi connectivity index (χ1v) is 11.1. The second kappa shape index (κ2) is 9.60. The molecule has 4 rings (SSSR count). The first-order chi connectivity index (χ1) is 16.7. The molecule has 0 aliphatic carbocycles. The maximum atomic E-state index is 13.1. The van der Waals surface area contributed by atoms with Crippen molar-refractivity contribution in [1.29, 1.82) is 0 Å². The van der Waals surface area contributed by atoms with Crippen LogP contribution in [0.3, 0.4) is 0 Å². The summed E-state index contributed by atoms with van der Waals surface area (Å²) in [6, 6.07) is 13.1. The Bertz CT molecular complexity index is 1540. The Balaban J connectivity index is 1.85. The number of carboxylic acid groups (broad SMARTS) is 1. The van der Waals surface area contributed by atoms with Crippen molar-refractivity contribution in [1.82, 2.24) is 4.98 Å². The van der Waals surface area contributed by atoms with E-state index in [1.54, 1.807) is 43.6 Å². The van der Waals surface area contributed by atoms with Gasteiger partial charge in [0.25, 0.3) is 0 Å². The Kier molecular flexibility index (Phi) is 6.57. The molecule has 0 unspecified atom stereocenters. The number of pyridine rings is 1. The summed E-state index contributed by atoms with van der Waals surface area (Å²) in [5, 5.41) is 13.2. The molecule has 2 aromatic heterocycles. The van der Waals surface area contributed by atoms with Crippen LogP contribution in [-0.4, -0.2) is 29.3 Å². The van der Waals surface area contributed by atoms with Crippen molar-refractivity contribution in [3.05, 3.63) is 86.3 Å². The summed E-state index contributed by atoms with van der Waals surface area (Å²) in [7, 11) is 1.65. The fourth-order valence-corrected chi connectivity index (χ4v) is 4.05. The maximum Gasteiger partial charge on any atom is 0.356 e. The minimum Gasteiger partial charge on any atom is -0.476 e. The number of carboxylic acids is 1. The number of fused-ring (bicyclic) bond motifs is 1. The average Bonchev–Trinajstić information content (AvgIpc) is 2.81. The lowest BCUT2D eigenvalue weighted by molar-refractivity contribution is 0.0691. The zero-order valence-corrected chi connectivity index (χ0v) is 20.1. The predicted molar refractivity (Wildman–Crippen MR) is 139 cm³/mol. The fraction of sp³-hybridized carbons (Fsp3) is 0.154. The average molecular weight is 491 g/mol. The molecule has 0 radical (unpaired) electrons. The van der Waals surface area contributed by atoms with Gasteiger partial charge in [0.1, 0.15) is 16.5 Å². The number of hydrogen-bond acceptors (Lipinski definition) is 7. The quantitative estimate of drug-likeness (QED) is 0.189. The van der Waals surface area contributed by atoms with Gasteiger partial charge in [-0.1, -0.05) is 17.7 Å². The molecular weight excluding hydrogens is 468 g/mol. The third-order valence-electron chi connectivity index (χ3n) is 5.54. The Morgan fingerprint density at radius 2 is 2.00 bits per heavy atom. The highest BCUT2D eigenvalue weighted by atomic mass is 35.5. The van der Waals surface area contributed by atoms with E-state index in [4.69, 9.17) is 21.8 Å². The van der Waals surface area contributed by atoms with Crippen molar-refractivity contribution in [2.24, 2.45) is 4.99 Å². The summed E-state index contributed by atoms with van der Waals surface area (Å²) in [5.74, 6) is -0.829. The SMILES string of the molecule is CN=Cc1cc(-c2cc(=O)c3cc(C)cc([C@@H](C)Nc4ccc(Cl)nc4C(=O)O)c3o2)ccc1N. The summed E-state index contributed by atoms with van der Waals surface area (Å²) in [6.07, 6.45) is 1.64. The number of aromatic carboxylic acids is 1. The number of rotatable bonds is 6. The molecule has 0 saturated carbocycles. The van der Waals surface area contributed by atoms with E-state index in [0.717, 1.165) is 5.56 Å². The molecule has 0 spiro atoms. The van der Waals surface area contributed by atoms with Crippen LogP contribution in [0.4, 0.5) is 11.4 Å². The second-order valence-corrected chi connectivity index (χ2v) is 8.53. The molecule has 0 aliphatic heterocycles. The zero-order chi connectivity index (χ0) is 25.3. The van der Waals surface area contributed by atoms with E-state index in [0.29, 0.717) is 44.8 Å². The van der Waals surface area contributed by atoms with E-state index < -0.39 is 12.0 Å². The van der Waals surface area contributed by atoms with Gasteiger partial charge in [-0.15, -0.1) is 0 Å². The number of nitrogens with two attached hydrogens (primary N) is 1. The number of carbonyl (C=O) groups is 1.